The van der Waals surface area contributed by atoms with Gasteiger partial charge >= 0.3 is 6.03 Å². The molecule has 1 aromatic heterocycles. The van der Waals surface area contributed by atoms with Gasteiger partial charge in [0.25, 0.3) is 0 Å². The highest BCUT2D eigenvalue weighted by atomic mass is 19.1. The number of ether oxygens (including phenoxy) is 1. The van der Waals surface area contributed by atoms with Crippen LogP contribution in [0.5, 0.6) is 0 Å². The molecule has 35 heavy (non-hydrogen) atoms. The molecule has 7 nitrogen and oxygen atoms in total. The van der Waals surface area contributed by atoms with Crippen LogP contribution in [0.2, 0.25) is 0 Å². The van der Waals surface area contributed by atoms with Crippen molar-refractivity contribution in [1.29, 1.82) is 0 Å². The standard InChI is InChI=1S/C27H34FN5O2/c1-27(2,3)24-16-25(33(31-24)23-13-9-8-12-21(23)28)30-26(34)29-22-18-32(14-15-35-4)17-20(22)19-10-6-5-7-11-19/h5-13,16,20,22H,14-15,17-18H2,1-4H3,(H2,29,30,34)/t20-,22+/m0/s1. The van der Waals surface area contributed by atoms with Crippen molar-refractivity contribution >= 4 is 11.8 Å². The predicted octanol–water partition coefficient (Wildman–Crippen LogP) is 4.54. The van der Waals surface area contributed by atoms with Gasteiger partial charge in [0.1, 0.15) is 17.3 Å². The van der Waals surface area contributed by atoms with Crippen molar-refractivity contribution in [3.8, 4) is 5.69 Å². The minimum absolute atomic E-state index is 0.0822. The molecule has 1 aliphatic rings. The summed E-state index contributed by atoms with van der Waals surface area (Å²) in [4.78, 5) is 15.5. The molecule has 1 aliphatic heterocycles. The van der Waals surface area contributed by atoms with Crippen LogP contribution in [0, 0.1) is 5.82 Å². The number of carbonyl (C=O) groups is 1. The molecule has 0 unspecified atom stereocenters. The molecule has 1 saturated heterocycles. The average Bonchev–Trinajstić information content (AvgIpc) is 3.43. The summed E-state index contributed by atoms with van der Waals surface area (Å²) in [7, 11) is 1.69. The van der Waals surface area contributed by atoms with E-state index in [1.807, 2.05) is 39.0 Å². The first kappa shape index (κ1) is 24.9. The summed E-state index contributed by atoms with van der Waals surface area (Å²) in [5, 5.41) is 10.7. The quantitative estimate of drug-likeness (QED) is 0.522. The highest BCUT2D eigenvalue weighted by Crippen LogP contribution is 2.29. The zero-order valence-corrected chi connectivity index (χ0v) is 20.8. The molecule has 186 valence electrons. The maximum Gasteiger partial charge on any atom is 0.320 e. The second kappa shape index (κ2) is 10.6. The van der Waals surface area contributed by atoms with E-state index in [2.05, 4.69) is 32.8 Å². The molecule has 2 atom stereocenters. The number of anilines is 1. The van der Waals surface area contributed by atoms with E-state index in [0.717, 1.165) is 25.3 Å². The largest absolute Gasteiger partial charge is 0.383 e. The van der Waals surface area contributed by atoms with E-state index in [1.165, 1.54) is 16.3 Å². The lowest BCUT2D eigenvalue weighted by molar-refractivity contribution is 0.159. The van der Waals surface area contributed by atoms with E-state index < -0.39 is 5.82 Å². The molecule has 2 N–H and O–H groups in total. The van der Waals surface area contributed by atoms with Crippen LogP contribution in [0.25, 0.3) is 5.69 Å². The SMILES string of the molecule is COCCN1C[C@@H](NC(=O)Nc2cc(C(C)(C)C)nn2-c2ccccc2F)[C@H](c2ccccc2)C1. The highest BCUT2D eigenvalue weighted by molar-refractivity contribution is 5.89. The monoisotopic (exact) mass is 479 g/mol. The van der Waals surface area contributed by atoms with Gasteiger partial charge in [0.05, 0.1) is 18.3 Å². The third-order valence-electron chi connectivity index (χ3n) is 6.35. The van der Waals surface area contributed by atoms with Crippen LogP contribution in [-0.2, 0) is 10.2 Å². The molecule has 0 spiro atoms. The summed E-state index contributed by atoms with van der Waals surface area (Å²) < 4.78 is 21.3. The molecule has 0 aliphatic carbocycles. The fourth-order valence-corrected chi connectivity index (χ4v) is 4.44. The van der Waals surface area contributed by atoms with Crippen LogP contribution in [0.15, 0.2) is 60.7 Å². The zero-order chi connectivity index (χ0) is 25.0. The highest BCUT2D eigenvalue weighted by Gasteiger charge is 2.35. The third-order valence-corrected chi connectivity index (χ3v) is 6.35. The summed E-state index contributed by atoms with van der Waals surface area (Å²) in [6.07, 6.45) is 0. The number of para-hydroxylation sites is 1. The fourth-order valence-electron chi connectivity index (χ4n) is 4.44. The first-order valence-corrected chi connectivity index (χ1v) is 12.0. The Kier molecular flexibility index (Phi) is 7.52. The van der Waals surface area contributed by atoms with Crippen molar-refractivity contribution in [3.05, 3.63) is 77.7 Å². The lowest BCUT2D eigenvalue weighted by Gasteiger charge is -2.21. The Hall–Kier alpha value is -3.23. The topological polar surface area (TPSA) is 71.4 Å². The maximum atomic E-state index is 14.6. The number of hydrogen-bond acceptors (Lipinski definition) is 4. The molecule has 1 fully saturated rings. The van der Waals surface area contributed by atoms with Crippen molar-refractivity contribution in [2.24, 2.45) is 0 Å². The minimum atomic E-state index is -0.409. The Labute approximate surface area is 206 Å². The van der Waals surface area contributed by atoms with Crippen molar-refractivity contribution in [2.45, 2.75) is 38.1 Å². The lowest BCUT2D eigenvalue weighted by atomic mass is 9.92. The Bertz CT molecular complexity index is 1140. The molecule has 2 amide bonds. The molecule has 4 rings (SSSR count). The van der Waals surface area contributed by atoms with Gasteiger partial charge in [0.2, 0.25) is 0 Å². The van der Waals surface area contributed by atoms with Gasteiger partial charge in [-0.2, -0.15) is 5.10 Å². The van der Waals surface area contributed by atoms with E-state index >= 15 is 0 Å². The van der Waals surface area contributed by atoms with Crippen LogP contribution in [0.1, 0.15) is 37.9 Å². The van der Waals surface area contributed by atoms with Crippen LogP contribution in [-0.4, -0.2) is 60.1 Å². The van der Waals surface area contributed by atoms with Crippen LogP contribution in [0.3, 0.4) is 0 Å². The second-order valence-corrected chi connectivity index (χ2v) is 10.0. The van der Waals surface area contributed by atoms with Crippen LogP contribution >= 0.6 is 0 Å². The van der Waals surface area contributed by atoms with Crippen molar-refractivity contribution in [1.82, 2.24) is 20.0 Å². The van der Waals surface area contributed by atoms with Gasteiger partial charge in [-0.3, -0.25) is 10.2 Å². The first-order chi connectivity index (χ1) is 16.8. The number of urea groups is 1. The average molecular weight is 480 g/mol. The third kappa shape index (κ3) is 5.89. The van der Waals surface area contributed by atoms with Gasteiger partial charge in [-0.25, -0.2) is 13.9 Å². The van der Waals surface area contributed by atoms with Crippen LogP contribution < -0.4 is 10.6 Å². The summed E-state index contributed by atoms with van der Waals surface area (Å²) in [5.41, 5.74) is 1.95. The van der Waals surface area contributed by atoms with E-state index in [4.69, 9.17) is 4.74 Å². The molecule has 0 bridgehead atoms. The molecular weight excluding hydrogens is 445 g/mol. The number of rotatable bonds is 7. The number of carbonyl (C=O) groups excluding carboxylic acids is 1. The summed E-state index contributed by atoms with van der Waals surface area (Å²) in [5.74, 6) is 0.164. The lowest BCUT2D eigenvalue weighted by Crippen LogP contribution is -2.42. The summed E-state index contributed by atoms with van der Waals surface area (Å²) in [6, 6.07) is 18.0. The van der Waals surface area contributed by atoms with Gasteiger partial charge < -0.3 is 10.1 Å². The van der Waals surface area contributed by atoms with Gasteiger partial charge in [0, 0.05) is 44.1 Å². The van der Waals surface area contributed by atoms with E-state index in [1.54, 1.807) is 31.4 Å². The zero-order valence-electron chi connectivity index (χ0n) is 20.8. The van der Waals surface area contributed by atoms with Crippen LogP contribution in [0.4, 0.5) is 15.0 Å². The predicted molar refractivity (Wildman–Crippen MR) is 136 cm³/mol. The molecular formula is C27H34FN5O2. The fraction of sp³-hybridized carbons (Fsp3) is 0.407. The normalized spacial score (nSPS) is 18.5. The number of benzene rings is 2. The van der Waals surface area contributed by atoms with Gasteiger partial charge in [0.15, 0.2) is 0 Å². The van der Waals surface area contributed by atoms with E-state index in [0.29, 0.717) is 12.4 Å². The maximum absolute atomic E-state index is 14.6. The first-order valence-electron chi connectivity index (χ1n) is 12.0. The molecule has 2 heterocycles. The van der Waals surface area contributed by atoms with E-state index in [-0.39, 0.29) is 29.1 Å². The number of methoxy groups -OCH3 is 1. The molecule has 2 aromatic carbocycles. The Morgan fingerprint density at radius 1 is 1.11 bits per heavy atom. The molecule has 3 aromatic rings. The number of likely N-dealkylation sites (tertiary alicyclic amines) is 1. The molecule has 0 radical (unpaired) electrons. The summed E-state index contributed by atoms with van der Waals surface area (Å²) in [6.45, 7) is 9.08. The van der Waals surface area contributed by atoms with Gasteiger partial charge in [-0.15, -0.1) is 0 Å². The van der Waals surface area contributed by atoms with E-state index in [9.17, 15) is 9.18 Å². The second-order valence-electron chi connectivity index (χ2n) is 10.0. The van der Waals surface area contributed by atoms with Gasteiger partial charge in [-0.05, 0) is 17.7 Å². The number of amides is 2. The number of halogens is 1. The summed E-state index contributed by atoms with van der Waals surface area (Å²) >= 11 is 0. The van der Waals surface area contributed by atoms with Crippen molar-refractivity contribution in [2.75, 3.05) is 38.7 Å². The van der Waals surface area contributed by atoms with Crippen molar-refractivity contribution < 1.29 is 13.9 Å². The number of nitrogens with zero attached hydrogens (tertiary/aromatic N) is 3. The van der Waals surface area contributed by atoms with Gasteiger partial charge in [-0.1, -0.05) is 63.2 Å². The number of aromatic nitrogens is 2. The number of hydrogen-bond donors (Lipinski definition) is 2. The van der Waals surface area contributed by atoms with Crippen molar-refractivity contribution in [3.63, 3.8) is 0 Å². The number of nitrogens with one attached hydrogen (secondary N) is 2. The Balaban J connectivity index is 1.56. The Morgan fingerprint density at radius 2 is 1.83 bits per heavy atom. The smallest absolute Gasteiger partial charge is 0.320 e. The molecule has 8 heteroatoms. The molecule has 0 saturated carbocycles. The Morgan fingerprint density at radius 3 is 2.51 bits per heavy atom. The minimum Gasteiger partial charge on any atom is -0.383 e.